The lowest BCUT2D eigenvalue weighted by atomic mass is 9.73. The van der Waals surface area contributed by atoms with Crippen LogP contribution in [0.2, 0.25) is 5.02 Å². The van der Waals surface area contributed by atoms with Gasteiger partial charge in [0.1, 0.15) is 12.4 Å². The maximum atomic E-state index is 13.6. The Morgan fingerprint density at radius 1 is 1.23 bits per heavy atom. The first-order chi connectivity index (χ1) is 17.6. The number of benzene rings is 2. The van der Waals surface area contributed by atoms with Gasteiger partial charge in [0, 0.05) is 41.6 Å². The van der Waals surface area contributed by atoms with Crippen molar-refractivity contribution < 1.29 is 31.0 Å². The number of carbonyl (C=O) groups is 1. The Kier molecular flexibility index (Phi) is 5.83. The van der Waals surface area contributed by atoms with Crippen LogP contribution in [-0.4, -0.2) is 61.5 Å². The van der Waals surface area contributed by atoms with Crippen molar-refractivity contribution in [3.05, 3.63) is 52.5 Å². The Hall–Kier alpha value is -2.30. The molecule has 1 amide bonds. The summed E-state index contributed by atoms with van der Waals surface area (Å²) in [4.78, 5) is 15.9. The third-order valence-electron chi connectivity index (χ3n) is 6.73. The van der Waals surface area contributed by atoms with Crippen LogP contribution in [0.15, 0.2) is 45.7 Å². The van der Waals surface area contributed by atoms with E-state index in [4.69, 9.17) is 20.5 Å². The molecule has 2 aliphatic rings. The van der Waals surface area contributed by atoms with E-state index in [2.05, 4.69) is 4.36 Å². The topological polar surface area (TPSA) is 62.2 Å². The van der Waals surface area contributed by atoms with E-state index in [1.807, 2.05) is 4.90 Å². The van der Waals surface area contributed by atoms with Crippen molar-refractivity contribution in [3.63, 3.8) is 0 Å². The lowest BCUT2D eigenvalue weighted by Gasteiger charge is -2.38. The van der Waals surface area contributed by atoms with Crippen LogP contribution in [0.1, 0.15) is 28.1 Å². The summed E-state index contributed by atoms with van der Waals surface area (Å²) >= 11 is 6.18. The molecule has 190 valence electrons. The largest absolute Gasteiger partial charge is 0.492 e. The highest BCUT2D eigenvalue weighted by Gasteiger charge is 2.51. The van der Waals surface area contributed by atoms with Gasteiger partial charge in [0.25, 0.3) is 0 Å². The number of carbonyl (C=O) groups excluding carboxylic acids is 1. The summed E-state index contributed by atoms with van der Waals surface area (Å²) < 4.78 is 86.1. The van der Waals surface area contributed by atoms with Crippen LogP contribution in [0.3, 0.4) is 0 Å². The van der Waals surface area contributed by atoms with Gasteiger partial charge in [-0.15, -0.1) is 0 Å². The van der Waals surface area contributed by atoms with Crippen LogP contribution in [-0.2, 0) is 26.1 Å². The molecular formula is C24H27ClF3N3O3S. The van der Waals surface area contributed by atoms with Crippen molar-refractivity contribution in [2.45, 2.75) is 29.3 Å². The first-order valence-electron chi connectivity index (χ1n) is 12.4. The van der Waals surface area contributed by atoms with Gasteiger partial charge in [0.05, 0.1) is 25.6 Å². The number of anilines is 1. The predicted molar refractivity (Wildman–Crippen MR) is 130 cm³/mol. The van der Waals surface area contributed by atoms with Crippen molar-refractivity contribution in [3.8, 4) is 5.75 Å². The van der Waals surface area contributed by atoms with E-state index in [0.29, 0.717) is 48.7 Å². The lowest BCUT2D eigenvalue weighted by Crippen LogP contribution is -2.48. The van der Waals surface area contributed by atoms with Crippen LogP contribution in [0, 0.1) is 0 Å². The Morgan fingerprint density at radius 2 is 1.94 bits per heavy atom. The Balaban J connectivity index is 1.44. The number of hydrogen-bond acceptors (Lipinski definition) is 5. The number of fused-ring (bicyclic) bond motifs is 2. The molecule has 0 saturated carbocycles. The number of likely N-dealkylation sites (N-methyl/N-ethyl adjacent to an activating group) is 1. The molecule has 2 aliphatic heterocycles. The van der Waals surface area contributed by atoms with E-state index in [1.54, 1.807) is 18.2 Å². The summed E-state index contributed by atoms with van der Waals surface area (Å²) in [5, 5.41) is 0.412. The number of halogens is 4. The molecule has 0 bridgehead atoms. The number of nitrogens with zero attached hydrogens (tertiary/aromatic N) is 3. The summed E-state index contributed by atoms with van der Waals surface area (Å²) in [5.41, 5.74) is -1.11. The van der Waals surface area contributed by atoms with E-state index in [-0.39, 0.29) is 12.4 Å². The van der Waals surface area contributed by atoms with E-state index >= 15 is 0 Å². The summed E-state index contributed by atoms with van der Waals surface area (Å²) in [5.74, 6) is -0.486. The number of alkyl halides is 3. The number of ether oxygens (including phenoxy) is 1. The molecule has 0 N–H and O–H groups in total. The van der Waals surface area contributed by atoms with Crippen LogP contribution >= 0.6 is 11.6 Å². The molecule has 11 heteroatoms. The molecule has 4 rings (SSSR count). The second-order valence-electron chi connectivity index (χ2n) is 8.72. The van der Waals surface area contributed by atoms with Gasteiger partial charge < -0.3 is 9.64 Å². The molecule has 1 spiro atoms. The first-order valence-corrected chi connectivity index (χ1v) is 13.2. The Morgan fingerprint density at radius 3 is 2.57 bits per heavy atom. The van der Waals surface area contributed by atoms with Gasteiger partial charge in [-0.1, -0.05) is 11.6 Å². The van der Waals surface area contributed by atoms with Gasteiger partial charge in [-0.3, -0.25) is 9.69 Å². The van der Waals surface area contributed by atoms with Crippen LogP contribution in [0.5, 0.6) is 5.75 Å². The average molecular weight is 533 g/mol. The minimum absolute atomic E-state index is 0.0104. The molecule has 1 atom stereocenters. The number of hydrogen-bond donors (Lipinski definition) is 0. The zero-order chi connectivity index (χ0) is 28.1. The molecule has 0 radical (unpaired) electrons. The fourth-order valence-electron chi connectivity index (χ4n) is 4.71. The smallest absolute Gasteiger partial charge is 0.417 e. The highest BCUT2D eigenvalue weighted by molar-refractivity contribution is 7.93. The molecule has 2 aromatic rings. The van der Waals surface area contributed by atoms with Crippen molar-refractivity contribution in [1.29, 1.82) is 0 Å². The summed E-state index contributed by atoms with van der Waals surface area (Å²) in [6.45, 7) is -1.25. The van der Waals surface area contributed by atoms with Gasteiger partial charge in [-0.2, -0.15) is 13.2 Å². The van der Waals surface area contributed by atoms with E-state index in [1.165, 1.54) is 13.1 Å². The van der Waals surface area contributed by atoms with Crippen molar-refractivity contribution >= 4 is 32.9 Å². The summed E-state index contributed by atoms with van der Waals surface area (Å²) in [6.07, 6.45) is -2.84. The van der Waals surface area contributed by atoms with E-state index in [9.17, 15) is 22.2 Å². The molecule has 1 fully saturated rings. The fraction of sp³-hybridized carbons (Fsp3) is 0.458. The molecule has 0 aromatic heterocycles. The molecule has 35 heavy (non-hydrogen) atoms. The van der Waals surface area contributed by atoms with Gasteiger partial charge in [0.2, 0.25) is 5.91 Å². The number of likely N-dealkylation sites (tertiary alicyclic amines) is 1. The van der Waals surface area contributed by atoms with Gasteiger partial charge in [-0.25, -0.2) is 8.57 Å². The maximum Gasteiger partial charge on any atom is 0.417 e. The zero-order valence-electron chi connectivity index (χ0n) is 22.2. The SMILES string of the molecule is [2H]C([2H])([2H])N1C(=O)C2(CCN(CCOc3ccc(S(C)(=O)=NC)c(C(F)(F)F)c3)CC2)c2cc(Cl)ccc21. The predicted octanol–water partition coefficient (Wildman–Crippen LogP) is 4.83. The van der Waals surface area contributed by atoms with Gasteiger partial charge in [-0.05, 0) is 67.9 Å². The quantitative estimate of drug-likeness (QED) is 0.553. The van der Waals surface area contributed by atoms with Gasteiger partial charge in [0.15, 0.2) is 0 Å². The normalized spacial score (nSPS) is 21.1. The van der Waals surface area contributed by atoms with E-state index < -0.39 is 44.7 Å². The second-order valence-corrected chi connectivity index (χ2v) is 11.6. The molecule has 2 heterocycles. The van der Waals surface area contributed by atoms with Crippen LogP contribution < -0.4 is 9.64 Å². The highest BCUT2D eigenvalue weighted by Crippen LogP contribution is 2.48. The third kappa shape index (κ3) is 4.75. The maximum absolute atomic E-state index is 13.6. The highest BCUT2D eigenvalue weighted by atomic mass is 35.5. The zero-order valence-corrected chi connectivity index (χ0v) is 20.8. The number of rotatable bonds is 5. The minimum Gasteiger partial charge on any atom is -0.492 e. The van der Waals surface area contributed by atoms with Gasteiger partial charge >= 0.3 is 6.18 Å². The summed E-state index contributed by atoms with van der Waals surface area (Å²) in [6, 6.07) is 8.07. The minimum atomic E-state index is -4.73. The van der Waals surface area contributed by atoms with Crippen LogP contribution in [0.25, 0.3) is 0 Å². The van der Waals surface area contributed by atoms with Crippen molar-refractivity contribution in [1.82, 2.24) is 4.90 Å². The van der Waals surface area contributed by atoms with Crippen molar-refractivity contribution in [2.24, 2.45) is 4.36 Å². The van der Waals surface area contributed by atoms with E-state index in [0.717, 1.165) is 23.3 Å². The first kappa shape index (κ1) is 21.9. The molecular weight excluding hydrogens is 503 g/mol. The molecule has 1 saturated heterocycles. The molecule has 1 unspecified atom stereocenters. The summed E-state index contributed by atoms with van der Waals surface area (Å²) in [7, 11) is -1.99. The standard InChI is InChI=1S/C24H27ClF3N3O3S/c1-29-35(3,33)21-7-5-17(15-19(21)24(26,27)28)34-13-12-31-10-8-23(9-11-31)18-14-16(25)4-6-20(18)30(2)22(23)32/h4-7,14-15H,8-13H2,1-3H3/i2D3. The second kappa shape index (κ2) is 9.29. The monoisotopic (exact) mass is 532 g/mol. The lowest BCUT2D eigenvalue weighted by molar-refractivity contribution is -0.140. The van der Waals surface area contributed by atoms with Crippen molar-refractivity contribution in [2.75, 3.05) is 51.4 Å². The Bertz CT molecular complexity index is 1370. The molecule has 6 nitrogen and oxygen atoms in total. The third-order valence-corrected chi connectivity index (χ3v) is 8.83. The van der Waals surface area contributed by atoms with Crippen LogP contribution in [0.4, 0.5) is 18.9 Å². The molecule has 0 aliphatic carbocycles. The number of piperidine rings is 1. The molecule has 2 aromatic carbocycles. The Labute approximate surface area is 212 Å². The fourth-order valence-corrected chi connectivity index (χ4v) is 5.98. The number of amides is 1. The average Bonchev–Trinajstić information content (AvgIpc) is 3.07.